The fraction of sp³-hybridized carbons (Fsp3) is 0.857. The summed E-state index contributed by atoms with van der Waals surface area (Å²) in [5.41, 5.74) is 5.59. The summed E-state index contributed by atoms with van der Waals surface area (Å²) in [6.07, 6.45) is 2.23. The molecule has 0 aromatic heterocycles. The van der Waals surface area contributed by atoms with Crippen LogP contribution < -0.4 is 5.73 Å². The van der Waals surface area contributed by atoms with Crippen LogP contribution in [-0.2, 0) is 4.74 Å². The van der Waals surface area contributed by atoms with Crippen molar-refractivity contribution in [1.29, 1.82) is 0 Å². The van der Waals surface area contributed by atoms with E-state index >= 15 is 0 Å². The molecule has 2 N–H and O–H groups in total. The van der Waals surface area contributed by atoms with E-state index in [1.54, 1.807) is 0 Å². The second-order valence-electron chi connectivity index (χ2n) is 2.39. The molecule has 0 aliphatic carbocycles. The van der Waals surface area contributed by atoms with E-state index in [9.17, 15) is 0 Å². The van der Waals surface area contributed by atoms with Crippen LogP contribution in [0.25, 0.3) is 0 Å². The van der Waals surface area contributed by atoms with Gasteiger partial charge in [-0.1, -0.05) is 0 Å². The van der Waals surface area contributed by atoms with Gasteiger partial charge in [0.2, 0.25) is 0 Å². The highest BCUT2D eigenvalue weighted by molar-refractivity contribution is 5.85. The highest BCUT2D eigenvalue weighted by Crippen LogP contribution is 2.07. The summed E-state index contributed by atoms with van der Waals surface area (Å²) >= 11 is 0. The molecule has 1 rings (SSSR count). The van der Waals surface area contributed by atoms with Crippen molar-refractivity contribution in [1.82, 2.24) is 0 Å². The Morgan fingerprint density at radius 1 is 1.73 bits per heavy atom. The smallest absolute Gasteiger partial charge is 0.123 e. The van der Waals surface area contributed by atoms with Gasteiger partial charge in [-0.25, -0.2) is 0 Å². The molecule has 0 radical (unpaired) electrons. The minimum Gasteiger partial charge on any atom is -0.385 e. The van der Waals surface area contributed by atoms with Gasteiger partial charge in [0.05, 0.1) is 0 Å². The van der Waals surface area contributed by atoms with Crippen LogP contribution in [0, 0.1) is 0 Å². The van der Waals surface area contributed by atoms with Crippen molar-refractivity contribution in [2.24, 2.45) is 10.7 Å². The molecule has 0 saturated carbocycles. The third-order valence-corrected chi connectivity index (χ3v) is 1.62. The minimum atomic E-state index is 0. The Labute approximate surface area is 73.4 Å². The van der Waals surface area contributed by atoms with E-state index in [-0.39, 0.29) is 18.5 Å². The molecule has 1 heterocycles. The van der Waals surface area contributed by atoms with Gasteiger partial charge in [-0.05, 0) is 19.8 Å². The summed E-state index contributed by atoms with van der Waals surface area (Å²) in [5, 5.41) is 0. The summed E-state index contributed by atoms with van der Waals surface area (Å²) in [7, 11) is 0. The highest BCUT2D eigenvalue weighted by atomic mass is 35.5. The zero-order valence-corrected chi connectivity index (χ0v) is 7.56. The highest BCUT2D eigenvalue weighted by Gasteiger charge is 2.15. The first-order chi connectivity index (χ1) is 4.84. The van der Waals surface area contributed by atoms with Crippen LogP contribution in [0.15, 0.2) is 4.99 Å². The maximum atomic E-state index is 5.59. The Kier molecular flexibility index (Phi) is 5.24. The molecular formula is C7H15ClN2O. The molecular weight excluding hydrogens is 164 g/mol. The minimum absolute atomic E-state index is 0. The SMILES string of the molecule is CCOC1CCCN=C1N.Cl. The van der Waals surface area contributed by atoms with E-state index in [2.05, 4.69) is 4.99 Å². The van der Waals surface area contributed by atoms with Crippen molar-refractivity contribution in [3.63, 3.8) is 0 Å². The van der Waals surface area contributed by atoms with Gasteiger partial charge in [0.25, 0.3) is 0 Å². The first-order valence-electron chi connectivity index (χ1n) is 3.76. The summed E-state index contributed by atoms with van der Waals surface area (Å²) in [5.74, 6) is 0.674. The summed E-state index contributed by atoms with van der Waals surface area (Å²) in [6, 6.07) is 0. The first-order valence-corrected chi connectivity index (χ1v) is 3.76. The van der Waals surface area contributed by atoms with Crippen LogP contribution in [0.5, 0.6) is 0 Å². The van der Waals surface area contributed by atoms with Crippen LogP contribution >= 0.6 is 12.4 Å². The number of rotatable bonds is 2. The fourth-order valence-electron chi connectivity index (χ4n) is 1.10. The number of hydrogen-bond donors (Lipinski definition) is 1. The molecule has 0 bridgehead atoms. The number of nitrogens with two attached hydrogens (primary N) is 1. The Morgan fingerprint density at radius 2 is 2.45 bits per heavy atom. The van der Waals surface area contributed by atoms with Crippen LogP contribution in [0.3, 0.4) is 0 Å². The average molecular weight is 179 g/mol. The second kappa shape index (κ2) is 5.38. The lowest BCUT2D eigenvalue weighted by atomic mass is 10.1. The second-order valence-corrected chi connectivity index (χ2v) is 2.39. The molecule has 3 nitrogen and oxygen atoms in total. The maximum absolute atomic E-state index is 5.59. The molecule has 1 atom stereocenters. The van der Waals surface area contributed by atoms with E-state index in [1.165, 1.54) is 0 Å². The third kappa shape index (κ3) is 3.08. The predicted octanol–water partition coefficient (Wildman–Crippen LogP) is 0.964. The largest absolute Gasteiger partial charge is 0.385 e. The molecule has 4 heteroatoms. The van der Waals surface area contributed by atoms with Gasteiger partial charge >= 0.3 is 0 Å². The van der Waals surface area contributed by atoms with E-state index in [0.29, 0.717) is 5.84 Å². The van der Waals surface area contributed by atoms with Crippen LogP contribution in [0.2, 0.25) is 0 Å². The number of aliphatic imine (C=N–C) groups is 1. The van der Waals surface area contributed by atoms with E-state index in [4.69, 9.17) is 10.5 Å². The third-order valence-electron chi connectivity index (χ3n) is 1.62. The first kappa shape index (κ1) is 10.7. The topological polar surface area (TPSA) is 47.6 Å². The van der Waals surface area contributed by atoms with Gasteiger partial charge in [0.1, 0.15) is 11.9 Å². The van der Waals surface area contributed by atoms with Crippen molar-refractivity contribution in [2.75, 3.05) is 13.2 Å². The fourth-order valence-corrected chi connectivity index (χ4v) is 1.10. The van der Waals surface area contributed by atoms with Gasteiger partial charge in [-0.3, -0.25) is 4.99 Å². The van der Waals surface area contributed by atoms with E-state index < -0.39 is 0 Å². The van der Waals surface area contributed by atoms with Crippen molar-refractivity contribution in [3.8, 4) is 0 Å². The standard InChI is InChI=1S/C7H14N2O.ClH/c1-2-10-6-4-3-5-9-7(6)8;/h6H,2-5H2,1H3,(H2,8,9);1H. The van der Waals surface area contributed by atoms with Crippen LogP contribution in [0.1, 0.15) is 19.8 Å². The van der Waals surface area contributed by atoms with Crippen LogP contribution in [0.4, 0.5) is 0 Å². The Balaban J connectivity index is 0.000001000. The number of amidine groups is 1. The van der Waals surface area contributed by atoms with Crippen LogP contribution in [-0.4, -0.2) is 25.1 Å². The molecule has 66 valence electrons. The predicted molar refractivity (Wildman–Crippen MR) is 48.4 cm³/mol. The lowest BCUT2D eigenvalue weighted by Gasteiger charge is -2.19. The zero-order valence-electron chi connectivity index (χ0n) is 6.75. The Hall–Kier alpha value is -0.280. The van der Waals surface area contributed by atoms with Crippen molar-refractivity contribution in [2.45, 2.75) is 25.9 Å². The summed E-state index contributed by atoms with van der Waals surface area (Å²) < 4.78 is 5.34. The molecule has 0 aromatic rings. The average Bonchev–Trinajstić information content (AvgIpc) is 1.94. The van der Waals surface area contributed by atoms with Gasteiger partial charge < -0.3 is 10.5 Å². The quantitative estimate of drug-likeness (QED) is 0.685. The van der Waals surface area contributed by atoms with Crippen molar-refractivity contribution >= 4 is 18.2 Å². The van der Waals surface area contributed by atoms with Gasteiger partial charge in [0.15, 0.2) is 0 Å². The Bertz CT molecular complexity index is 138. The van der Waals surface area contributed by atoms with Gasteiger partial charge in [0, 0.05) is 13.2 Å². The molecule has 1 unspecified atom stereocenters. The van der Waals surface area contributed by atoms with Crippen molar-refractivity contribution in [3.05, 3.63) is 0 Å². The molecule has 0 saturated heterocycles. The van der Waals surface area contributed by atoms with E-state index in [0.717, 1.165) is 26.0 Å². The lowest BCUT2D eigenvalue weighted by Crippen LogP contribution is -2.34. The van der Waals surface area contributed by atoms with Gasteiger partial charge in [-0.15, -0.1) is 12.4 Å². The monoisotopic (exact) mass is 178 g/mol. The molecule has 0 spiro atoms. The summed E-state index contributed by atoms with van der Waals surface area (Å²) in [4.78, 5) is 4.10. The van der Waals surface area contributed by atoms with Gasteiger partial charge in [-0.2, -0.15) is 0 Å². The maximum Gasteiger partial charge on any atom is 0.123 e. The van der Waals surface area contributed by atoms with Crippen molar-refractivity contribution < 1.29 is 4.74 Å². The normalized spacial score (nSPS) is 23.7. The zero-order chi connectivity index (χ0) is 7.40. The number of ether oxygens (including phenoxy) is 1. The number of nitrogens with zero attached hydrogens (tertiary/aromatic N) is 1. The molecule has 1 aliphatic rings. The summed E-state index contributed by atoms with van der Waals surface area (Å²) in [6.45, 7) is 3.57. The molecule has 0 aromatic carbocycles. The Morgan fingerprint density at radius 3 is 3.00 bits per heavy atom. The molecule has 11 heavy (non-hydrogen) atoms. The molecule has 0 amide bonds. The number of halogens is 1. The number of hydrogen-bond acceptors (Lipinski definition) is 3. The van der Waals surface area contributed by atoms with E-state index in [1.807, 2.05) is 6.92 Å². The lowest BCUT2D eigenvalue weighted by molar-refractivity contribution is 0.0983. The molecule has 1 aliphatic heterocycles. The molecule has 0 fully saturated rings.